The number of ether oxygens (including phenoxy) is 1. The van der Waals surface area contributed by atoms with Crippen LogP contribution in [0.15, 0.2) is 58.8 Å². The number of carbonyl (C=O) groups is 1. The average molecular weight is 770 g/mol. The van der Waals surface area contributed by atoms with Crippen molar-refractivity contribution in [2.24, 2.45) is 10.2 Å². The molecule has 0 aromatic heterocycles. The lowest BCUT2D eigenvalue weighted by molar-refractivity contribution is -0.384. The minimum Gasteiger partial charge on any atom is -0.494 e. The smallest absolute Gasteiger partial charge is 0.314 e. The standard InChI is InChI=1S/C47H71N5O4/c1-2-3-4-5-6-7-8-9-10-11-12-13-14-15-16-17-18-19-20-23-26-29-40-48-47(53)49-41-30-27-24-21-22-25-28-31-42-56-46-38-34-44(35-39-46)51-50-43-32-36-45(37-33-43)52(54)55/h32-39H,2-9,14-31,40-42H2,1H3,(H2,48,49,53). The van der Waals surface area contributed by atoms with Crippen molar-refractivity contribution in [3.63, 3.8) is 0 Å². The van der Waals surface area contributed by atoms with Gasteiger partial charge in [-0.3, -0.25) is 10.1 Å². The van der Waals surface area contributed by atoms with E-state index in [0.717, 1.165) is 63.8 Å². The Balaban J connectivity index is 1.27. The molecule has 0 heterocycles. The zero-order valence-corrected chi connectivity index (χ0v) is 34.6. The number of non-ortho nitro benzene ring substituents is 1. The van der Waals surface area contributed by atoms with Gasteiger partial charge >= 0.3 is 6.03 Å². The Kier molecular flexibility index (Phi) is 29.9. The van der Waals surface area contributed by atoms with Crippen molar-refractivity contribution in [3.05, 3.63) is 58.6 Å². The molecule has 0 spiro atoms. The van der Waals surface area contributed by atoms with Gasteiger partial charge in [-0.1, -0.05) is 141 Å². The molecular weight excluding hydrogens is 699 g/mol. The van der Waals surface area contributed by atoms with E-state index in [2.05, 4.69) is 51.5 Å². The third-order valence-electron chi connectivity index (χ3n) is 9.71. The van der Waals surface area contributed by atoms with Crippen LogP contribution in [0.25, 0.3) is 0 Å². The van der Waals surface area contributed by atoms with Gasteiger partial charge in [0.2, 0.25) is 0 Å². The van der Waals surface area contributed by atoms with Crippen LogP contribution in [0, 0.1) is 33.8 Å². The summed E-state index contributed by atoms with van der Waals surface area (Å²) >= 11 is 0. The maximum absolute atomic E-state index is 12.1. The highest BCUT2D eigenvalue weighted by atomic mass is 16.6. The van der Waals surface area contributed by atoms with Crippen LogP contribution >= 0.6 is 0 Å². The summed E-state index contributed by atoms with van der Waals surface area (Å²) in [5.74, 6) is 13.3. The van der Waals surface area contributed by atoms with Gasteiger partial charge in [0.15, 0.2) is 0 Å². The highest BCUT2D eigenvalue weighted by Crippen LogP contribution is 2.23. The topological polar surface area (TPSA) is 118 Å². The molecule has 2 amide bonds. The molecule has 9 nitrogen and oxygen atoms in total. The predicted molar refractivity (Wildman–Crippen MR) is 232 cm³/mol. The molecule has 308 valence electrons. The van der Waals surface area contributed by atoms with Gasteiger partial charge in [0.1, 0.15) is 5.75 Å². The second-order valence-electron chi connectivity index (χ2n) is 14.7. The first-order valence-corrected chi connectivity index (χ1v) is 21.9. The van der Waals surface area contributed by atoms with E-state index in [-0.39, 0.29) is 11.7 Å². The van der Waals surface area contributed by atoms with Crippen molar-refractivity contribution < 1.29 is 14.5 Å². The van der Waals surface area contributed by atoms with Gasteiger partial charge in [-0.15, -0.1) is 0 Å². The summed E-state index contributed by atoms with van der Waals surface area (Å²) < 4.78 is 5.86. The lowest BCUT2D eigenvalue weighted by atomic mass is 10.1. The van der Waals surface area contributed by atoms with Crippen LogP contribution < -0.4 is 15.4 Å². The summed E-state index contributed by atoms with van der Waals surface area (Å²) in [4.78, 5) is 22.4. The Morgan fingerprint density at radius 1 is 0.571 bits per heavy atom. The monoisotopic (exact) mass is 770 g/mol. The number of nitrogens with one attached hydrogen (secondary N) is 2. The summed E-state index contributed by atoms with van der Waals surface area (Å²) in [7, 11) is 0. The van der Waals surface area contributed by atoms with Gasteiger partial charge in [0.05, 0.1) is 22.9 Å². The molecule has 0 atom stereocenters. The molecule has 2 N–H and O–H groups in total. The summed E-state index contributed by atoms with van der Waals surface area (Å²) in [5, 5.41) is 25.1. The Labute approximate surface area is 339 Å². The van der Waals surface area contributed by atoms with E-state index in [9.17, 15) is 14.9 Å². The minimum absolute atomic E-state index is 0.0278. The fourth-order valence-electron chi connectivity index (χ4n) is 6.27. The van der Waals surface area contributed by atoms with Crippen LogP contribution in [0.5, 0.6) is 5.75 Å². The zero-order valence-electron chi connectivity index (χ0n) is 34.6. The first-order valence-electron chi connectivity index (χ1n) is 21.9. The fraction of sp³-hybridized carbons (Fsp3) is 0.638. The lowest BCUT2D eigenvalue weighted by Gasteiger charge is -2.08. The maximum atomic E-state index is 12.1. The Hall–Kier alpha value is -4.37. The largest absolute Gasteiger partial charge is 0.494 e. The molecule has 0 saturated heterocycles. The SMILES string of the molecule is CCCCCCCCCC#CC#CCCCCCCCCCCCNC(=O)NCCCCCCCCCCOc1ccc(N=Nc2ccc([N+](=O)[O-])cc2)cc1. The second kappa shape index (κ2) is 35.1. The number of azo groups is 1. The van der Waals surface area contributed by atoms with Crippen LogP contribution in [0.2, 0.25) is 0 Å². The van der Waals surface area contributed by atoms with E-state index in [1.807, 2.05) is 24.3 Å². The van der Waals surface area contributed by atoms with Gasteiger partial charge < -0.3 is 15.4 Å². The van der Waals surface area contributed by atoms with Gasteiger partial charge in [-0.05, 0) is 80.3 Å². The van der Waals surface area contributed by atoms with Crippen LogP contribution in [-0.4, -0.2) is 30.7 Å². The second-order valence-corrected chi connectivity index (χ2v) is 14.7. The highest BCUT2D eigenvalue weighted by Gasteiger charge is 2.04. The van der Waals surface area contributed by atoms with Gasteiger partial charge in [-0.2, -0.15) is 10.2 Å². The van der Waals surface area contributed by atoms with Crippen molar-refractivity contribution >= 4 is 23.1 Å². The molecule has 2 aromatic carbocycles. The highest BCUT2D eigenvalue weighted by molar-refractivity contribution is 5.73. The molecule has 0 fully saturated rings. The van der Waals surface area contributed by atoms with Crippen LogP contribution in [-0.2, 0) is 0 Å². The molecule has 0 aliphatic rings. The number of hydrogen-bond donors (Lipinski definition) is 2. The summed E-state index contributed by atoms with van der Waals surface area (Å²) in [6.07, 6.45) is 31.7. The molecular formula is C47H71N5O4. The third kappa shape index (κ3) is 28.1. The lowest BCUT2D eigenvalue weighted by Crippen LogP contribution is -2.36. The number of amides is 2. The van der Waals surface area contributed by atoms with Crippen molar-refractivity contribution in [2.45, 2.75) is 174 Å². The summed E-state index contributed by atoms with van der Waals surface area (Å²) in [6, 6.07) is 13.4. The number of nitrogens with zero attached hydrogens (tertiary/aromatic N) is 3. The number of nitro benzene ring substituents is 1. The average Bonchev–Trinajstić information content (AvgIpc) is 3.21. The number of rotatable bonds is 33. The number of benzene rings is 2. The third-order valence-corrected chi connectivity index (χ3v) is 9.71. The maximum Gasteiger partial charge on any atom is 0.314 e. The predicted octanol–water partition coefficient (Wildman–Crippen LogP) is 13.9. The van der Waals surface area contributed by atoms with Crippen molar-refractivity contribution in [1.29, 1.82) is 0 Å². The van der Waals surface area contributed by atoms with Crippen LogP contribution in [0.3, 0.4) is 0 Å². The molecule has 0 aliphatic carbocycles. The quantitative estimate of drug-likeness (QED) is 0.0247. The van der Waals surface area contributed by atoms with Crippen LogP contribution in [0.4, 0.5) is 21.9 Å². The molecule has 9 heteroatoms. The van der Waals surface area contributed by atoms with E-state index in [4.69, 9.17) is 4.74 Å². The van der Waals surface area contributed by atoms with Crippen molar-refractivity contribution in [1.82, 2.24) is 10.6 Å². The van der Waals surface area contributed by atoms with E-state index >= 15 is 0 Å². The number of urea groups is 1. The molecule has 0 unspecified atom stereocenters. The number of nitro groups is 1. The normalized spacial score (nSPS) is 10.7. The Morgan fingerprint density at radius 3 is 1.41 bits per heavy atom. The summed E-state index contributed by atoms with van der Waals surface area (Å²) in [6.45, 7) is 4.45. The molecule has 0 aliphatic heterocycles. The first kappa shape index (κ1) is 47.8. The Morgan fingerprint density at radius 2 is 0.964 bits per heavy atom. The number of carbonyl (C=O) groups excluding carboxylic acids is 1. The molecule has 56 heavy (non-hydrogen) atoms. The fourth-order valence-corrected chi connectivity index (χ4v) is 6.27. The molecule has 2 rings (SSSR count). The molecule has 0 radical (unpaired) electrons. The molecule has 2 aromatic rings. The zero-order chi connectivity index (χ0) is 40.0. The molecule has 0 saturated carbocycles. The van der Waals surface area contributed by atoms with Crippen LogP contribution in [0.1, 0.15) is 174 Å². The van der Waals surface area contributed by atoms with E-state index in [1.165, 1.54) is 134 Å². The minimum atomic E-state index is -0.439. The number of hydrogen-bond acceptors (Lipinski definition) is 6. The van der Waals surface area contributed by atoms with Gasteiger partial charge in [0.25, 0.3) is 5.69 Å². The molecule has 0 bridgehead atoms. The van der Waals surface area contributed by atoms with Crippen molar-refractivity contribution in [2.75, 3.05) is 19.7 Å². The summed E-state index contributed by atoms with van der Waals surface area (Å²) in [5.41, 5.74) is 1.27. The van der Waals surface area contributed by atoms with E-state index < -0.39 is 4.92 Å². The van der Waals surface area contributed by atoms with Gasteiger partial charge in [0, 0.05) is 38.1 Å². The number of unbranched alkanes of at least 4 members (excludes halogenated alkanes) is 23. The van der Waals surface area contributed by atoms with E-state index in [0.29, 0.717) is 18.0 Å². The van der Waals surface area contributed by atoms with Gasteiger partial charge in [-0.25, -0.2) is 4.79 Å². The first-order chi connectivity index (χ1) is 27.6. The Bertz CT molecular complexity index is 1440. The van der Waals surface area contributed by atoms with Crippen molar-refractivity contribution in [3.8, 4) is 29.4 Å². The van der Waals surface area contributed by atoms with E-state index in [1.54, 1.807) is 12.1 Å².